The van der Waals surface area contributed by atoms with Gasteiger partial charge in [0.15, 0.2) is 30.9 Å². The molecule has 0 saturated carbocycles. The predicted octanol–water partition coefficient (Wildman–Crippen LogP) is -0.538. The van der Waals surface area contributed by atoms with Crippen molar-refractivity contribution in [2.75, 3.05) is 39.6 Å². The lowest BCUT2D eigenvalue weighted by molar-refractivity contribution is -0.401. The van der Waals surface area contributed by atoms with Crippen LogP contribution in [0.5, 0.6) is 0 Å². The molecule has 33 nitrogen and oxygen atoms in total. The van der Waals surface area contributed by atoms with E-state index in [0.29, 0.717) is 12.8 Å². The van der Waals surface area contributed by atoms with Crippen LogP contribution in [0, 0.1) is 0 Å². The predicted molar refractivity (Wildman–Crippen MR) is 381 cm³/mol. The average Bonchev–Trinajstić information content (AvgIpc) is 0.750. The Labute approximate surface area is 629 Å². The fourth-order valence-corrected chi connectivity index (χ4v) is 14.4. The van der Waals surface area contributed by atoms with Crippen molar-refractivity contribution in [3.8, 4) is 0 Å². The van der Waals surface area contributed by atoms with Gasteiger partial charge in [-0.05, 0) is 19.3 Å². The number of carbonyl (C=O) groups excluding carboxylic acids is 4. The summed E-state index contributed by atoms with van der Waals surface area (Å²) in [5.41, 5.74) is 0. The molecule has 0 aromatic heterocycles. The van der Waals surface area contributed by atoms with Gasteiger partial charge in [0.25, 0.3) is 0 Å². The van der Waals surface area contributed by atoms with E-state index in [9.17, 15) is 101 Å². The van der Waals surface area contributed by atoms with Crippen LogP contribution in [-0.4, -0.2) is 316 Å². The minimum atomic E-state index is -2.94. The minimum absolute atomic E-state index is 0.147. The molecule has 19 N–H and O–H groups in total. The first-order chi connectivity index (χ1) is 51.3. The first-order valence-corrected chi connectivity index (χ1v) is 39.4. The van der Waals surface area contributed by atoms with Crippen molar-refractivity contribution in [3.05, 3.63) is 12.2 Å². The van der Waals surface area contributed by atoms with Gasteiger partial charge in [-0.25, -0.2) is 0 Å². The molecule has 5 aliphatic heterocycles. The Kier molecular flexibility index (Phi) is 44.2. The zero-order valence-corrected chi connectivity index (χ0v) is 63.4. The van der Waals surface area contributed by atoms with Crippen molar-refractivity contribution in [2.45, 2.75) is 392 Å². The number of nitrogens with one attached hydrogen (secondary N) is 3. The van der Waals surface area contributed by atoms with E-state index >= 15 is 0 Å². The van der Waals surface area contributed by atoms with E-state index in [1.165, 1.54) is 109 Å². The zero-order valence-electron chi connectivity index (χ0n) is 63.4. The number of ether oxygens (including phenoxy) is 10. The van der Waals surface area contributed by atoms with E-state index < -0.39 is 235 Å². The van der Waals surface area contributed by atoms with E-state index in [1.54, 1.807) is 6.08 Å². The van der Waals surface area contributed by atoms with Crippen LogP contribution in [0.15, 0.2) is 12.2 Å². The molecule has 107 heavy (non-hydrogen) atoms. The quantitative estimate of drug-likeness (QED) is 0.0269. The van der Waals surface area contributed by atoms with Crippen molar-refractivity contribution in [3.63, 3.8) is 0 Å². The van der Waals surface area contributed by atoms with E-state index in [-0.39, 0.29) is 12.3 Å². The highest BCUT2D eigenvalue weighted by Crippen LogP contribution is 2.41. The van der Waals surface area contributed by atoms with Gasteiger partial charge in [-0.15, -0.1) is 0 Å². The Hall–Kier alpha value is -3.22. The van der Waals surface area contributed by atoms with Gasteiger partial charge in [0.1, 0.15) is 116 Å². The fourth-order valence-electron chi connectivity index (χ4n) is 14.4. The van der Waals surface area contributed by atoms with Crippen LogP contribution in [0.25, 0.3) is 0 Å². The Morgan fingerprint density at radius 1 is 0.477 bits per heavy atom. The van der Waals surface area contributed by atoms with Crippen molar-refractivity contribution in [1.82, 2.24) is 16.0 Å². The summed E-state index contributed by atoms with van der Waals surface area (Å²) in [6, 6.07) is -4.63. The molecule has 3 amide bonds. The lowest BCUT2D eigenvalue weighted by Crippen LogP contribution is -2.72. The molecule has 0 spiro atoms. The highest BCUT2D eigenvalue weighted by molar-refractivity contribution is 5.84. The second-order valence-corrected chi connectivity index (χ2v) is 29.5. The van der Waals surface area contributed by atoms with Crippen molar-refractivity contribution < 1.29 is 148 Å². The zero-order chi connectivity index (χ0) is 78.8. The lowest BCUT2D eigenvalue weighted by Gasteiger charge is -2.53. The average molecular weight is 1540 g/mol. The first kappa shape index (κ1) is 94.4. The van der Waals surface area contributed by atoms with Crippen molar-refractivity contribution in [1.29, 1.82) is 0 Å². The van der Waals surface area contributed by atoms with Crippen LogP contribution in [0.2, 0.25) is 0 Å². The molecule has 0 aromatic carbocycles. The Morgan fingerprint density at radius 2 is 0.916 bits per heavy atom. The molecule has 5 rings (SSSR count). The van der Waals surface area contributed by atoms with Crippen molar-refractivity contribution >= 4 is 23.5 Å². The van der Waals surface area contributed by atoms with Crippen LogP contribution in [0.3, 0.4) is 0 Å². The molecule has 0 aromatic rings. The second-order valence-electron chi connectivity index (χ2n) is 29.5. The van der Waals surface area contributed by atoms with Gasteiger partial charge >= 0.3 is 0 Å². The standard InChI is InChI=1S/C74H133N3O30/c1-6-8-10-12-14-16-18-20-21-23-25-27-29-31-33-35-54(89)77-46(47(86)34-32-30-28-26-24-22-19-17-15-13-11-9-7-2)42-98-71-63(96)61(94)65(52(40-81)101-71)103-73-64(97)69(107-74(43(3)83)36-48(87)55(75-44(4)84)68(106-74)57(90)49(88)37-78)66(53(41-82)102-73)104-70-56(76-45(5)85)67(59(92)51(39-80)99-70)105-72-62(95)60(93)58(91)50(38-79)100-72/h32,34,46-53,55-73,78-82,86-88,90-97H,6-31,33,35-42H2,1-5H3,(H,75,84)(H,76,85)(H,77,89)/b34-32+/t46-,47+,48+,49+,50?,51?,52-,53?,55+,56-,57+,58-,59-,60?,61?,62-,63?,64-,65+,66-,67?,68?,69?,70-,71+,72-,73-,74-/m0/s1. The number of allylic oxidation sites excluding steroid dienone is 1. The van der Waals surface area contributed by atoms with Gasteiger partial charge in [-0.3, -0.25) is 19.2 Å². The Morgan fingerprint density at radius 3 is 1.43 bits per heavy atom. The Balaban J connectivity index is 1.40. The van der Waals surface area contributed by atoms with Gasteiger partial charge in [0, 0.05) is 33.6 Å². The van der Waals surface area contributed by atoms with Crippen LogP contribution < -0.4 is 16.0 Å². The molecular formula is C74H133N3O30. The summed E-state index contributed by atoms with van der Waals surface area (Å²) in [5.74, 6) is -6.15. The molecule has 5 fully saturated rings. The topological polar surface area (TPSA) is 520 Å². The number of carbonyl (C=O) groups is 4. The SMILES string of the molecule is CCCCCCCCCCCCC/C=C/[C@@H](O)[C@H](CO[C@@H]1O[C@@H](CO)[C@@H](O[C@@H]2OC(CO)[C@H](O[C@@H]3OC(CO)[C@H](O)C(O[C@@H]4OC(CO)[C@H](O)C(O)[C@@H]4O)[C@@H]3NC(C)=O)C(O[C@]3(C(C)=O)C[C@@H](O)[C@@H](NC(C)=O)C([C@H](O)[C@H](O)CO)O3)[C@@H]2O)C(O)C1O)NC(=O)CCCCCCCCCCCCCCCCC. The first-order valence-electron chi connectivity index (χ1n) is 39.4. The third-order valence-corrected chi connectivity index (χ3v) is 20.8. The molecule has 5 heterocycles. The summed E-state index contributed by atoms with van der Waals surface area (Å²) in [7, 11) is 0. The maximum atomic E-state index is 14.3. The third-order valence-electron chi connectivity index (χ3n) is 20.8. The summed E-state index contributed by atoms with van der Waals surface area (Å²) >= 11 is 0. The van der Waals surface area contributed by atoms with E-state index in [0.717, 1.165) is 72.1 Å². The summed E-state index contributed by atoms with van der Waals surface area (Å²) in [4.78, 5) is 53.5. The largest absolute Gasteiger partial charge is 0.394 e. The van der Waals surface area contributed by atoms with Crippen LogP contribution in [0.1, 0.15) is 221 Å². The summed E-state index contributed by atoms with van der Waals surface area (Å²) < 4.78 is 60.9. The van der Waals surface area contributed by atoms with Gasteiger partial charge in [0.05, 0.1) is 63.9 Å². The lowest BCUT2D eigenvalue weighted by atomic mass is 9.86. The molecule has 0 aliphatic carbocycles. The molecule has 624 valence electrons. The van der Waals surface area contributed by atoms with Crippen LogP contribution >= 0.6 is 0 Å². The highest BCUT2D eigenvalue weighted by Gasteiger charge is 2.61. The number of hydrogen-bond donors (Lipinski definition) is 19. The maximum absolute atomic E-state index is 14.3. The molecule has 28 atom stereocenters. The summed E-state index contributed by atoms with van der Waals surface area (Å²) in [6.07, 6.45) is -14.7. The molecule has 9 unspecified atom stereocenters. The van der Waals surface area contributed by atoms with E-state index in [4.69, 9.17) is 47.4 Å². The molecule has 0 bridgehead atoms. The van der Waals surface area contributed by atoms with Gasteiger partial charge in [0.2, 0.25) is 23.5 Å². The van der Waals surface area contributed by atoms with Crippen LogP contribution in [0.4, 0.5) is 0 Å². The molecule has 5 saturated heterocycles. The number of amides is 3. The minimum Gasteiger partial charge on any atom is -0.394 e. The number of aliphatic hydroxyl groups is 16. The van der Waals surface area contributed by atoms with Crippen molar-refractivity contribution in [2.24, 2.45) is 0 Å². The highest BCUT2D eigenvalue weighted by atomic mass is 16.8. The van der Waals surface area contributed by atoms with E-state index in [1.807, 2.05) is 6.08 Å². The normalized spacial score (nSPS) is 34.6. The summed E-state index contributed by atoms with van der Waals surface area (Å²) in [5, 5.41) is 186. The monoisotopic (exact) mass is 1540 g/mol. The molecular weight excluding hydrogens is 1410 g/mol. The van der Waals surface area contributed by atoms with Gasteiger partial charge in [-0.2, -0.15) is 0 Å². The van der Waals surface area contributed by atoms with Gasteiger partial charge in [-0.1, -0.05) is 180 Å². The number of aliphatic hydroxyl groups excluding tert-OH is 16. The number of Topliss-reactive ketones (excluding diaryl/α,β-unsaturated/α-hetero) is 1. The smallest absolute Gasteiger partial charge is 0.232 e. The van der Waals surface area contributed by atoms with Crippen LogP contribution in [-0.2, 0) is 66.5 Å². The van der Waals surface area contributed by atoms with Gasteiger partial charge < -0.3 is 145 Å². The maximum Gasteiger partial charge on any atom is 0.232 e. The third kappa shape index (κ3) is 29.3. The molecule has 33 heteroatoms. The number of unbranched alkanes of at least 4 members (excludes halogenated alkanes) is 25. The molecule has 5 aliphatic rings. The summed E-state index contributed by atoms with van der Waals surface area (Å²) in [6.45, 7) is 1.51. The van der Waals surface area contributed by atoms with E-state index in [2.05, 4.69) is 29.8 Å². The second kappa shape index (κ2) is 50.1. The number of rotatable bonds is 52. The Bertz CT molecular complexity index is 2500. The molecule has 0 radical (unpaired) electrons. The number of hydrogen-bond acceptors (Lipinski definition) is 30. The fraction of sp³-hybridized carbons (Fsp3) is 0.919. The number of ketones is 1.